The van der Waals surface area contributed by atoms with Gasteiger partial charge in [0.2, 0.25) is 5.91 Å². The van der Waals surface area contributed by atoms with Crippen molar-refractivity contribution in [1.82, 2.24) is 0 Å². The standard InChI is InChI=1S/C11H14INO/c1-3-4-11(14)13-10-7-9(12)6-5-8(10)2/h5-7H,3-4H2,1-2H3,(H,13,14). The lowest BCUT2D eigenvalue weighted by molar-refractivity contribution is -0.116. The molecule has 3 heteroatoms. The highest BCUT2D eigenvalue weighted by atomic mass is 127. The third kappa shape index (κ3) is 3.29. The molecule has 76 valence electrons. The van der Waals surface area contributed by atoms with Crippen LogP contribution in [0.5, 0.6) is 0 Å². The zero-order chi connectivity index (χ0) is 10.6. The van der Waals surface area contributed by atoms with Crippen LogP contribution in [0.4, 0.5) is 5.69 Å². The molecule has 0 spiro atoms. The SMILES string of the molecule is CCCC(=O)Nc1cc(I)ccc1C. The van der Waals surface area contributed by atoms with E-state index in [0.717, 1.165) is 21.2 Å². The van der Waals surface area contributed by atoms with Crippen LogP contribution in [-0.4, -0.2) is 5.91 Å². The Bertz CT molecular complexity index is 336. The van der Waals surface area contributed by atoms with E-state index in [9.17, 15) is 4.79 Å². The Morgan fingerprint density at radius 3 is 2.86 bits per heavy atom. The van der Waals surface area contributed by atoms with Crippen molar-refractivity contribution in [2.75, 3.05) is 5.32 Å². The van der Waals surface area contributed by atoms with Crippen LogP contribution in [0.2, 0.25) is 0 Å². The predicted molar refractivity (Wildman–Crippen MR) is 67.4 cm³/mol. The monoisotopic (exact) mass is 303 g/mol. The summed E-state index contributed by atoms with van der Waals surface area (Å²) in [4.78, 5) is 11.4. The van der Waals surface area contributed by atoms with Crippen LogP contribution < -0.4 is 5.32 Å². The number of amides is 1. The van der Waals surface area contributed by atoms with Gasteiger partial charge in [0.15, 0.2) is 0 Å². The molecule has 0 heterocycles. The molecular weight excluding hydrogens is 289 g/mol. The Hall–Kier alpha value is -0.580. The van der Waals surface area contributed by atoms with Crippen molar-refractivity contribution < 1.29 is 4.79 Å². The average molecular weight is 303 g/mol. The second-order valence-corrected chi connectivity index (χ2v) is 4.50. The number of benzene rings is 1. The van der Waals surface area contributed by atoms with Gasteiger partial charge in [-0.05, 0) is 53.6 Å². The number of nitrogens with one attached hydrogen (secondary N) is 1. The van der Waals surface area contributed by atoms with Gasteiger partial charge in [-0.1, -0.05) is 13.0 Å². The van der Waals surface area contributed by atoms with Crippen molar-refractivity contribution in [1.29, 1.82) is 0 Å². The normalized spacial score (nSPS) is 9.93. The fourth-order valence-electron chi connectivity index (χ4n) is 1.17. The van der Waals surface area contributed by atoms with Gasteiger partial charge in [0.05, 0.1) is 0 Å². The van der Waals surface area contributed by atoms with Crippen molar-refractivity contribution in [3.8, 4) is 0 Å². The largest absolute Gasteiger partial charge is 0.326 e. The van der Waals surface area contributed by atoms with E-state index in [1.807, 2.05) is 32.0 Å². The van der Waals surface area contributed by atoms with Gasteiger partial charge in [-0.2, -0.15) is 0 Å². The quantitative estimate of drug-likeness (QED) is 0.853. The van der Waals surface area contributed by atoms with Gasteiger partial charge in [0.25, 0.3) is 0 Å². The molecule has 0 unspecified atom stereocenters. The second kappa shape index (κ2) is 5.34. The fraction of sp³-hybridized carbons (Fsp3) is 0.364. The first kappa shape index (κ1) is 11.5. The minimum absolute atomic E-state index is 0.0950. The molecular formula is C11H14INO. The summed E-state index contributed by atoms with van der Waals surface area (Å²) in [5.41, 5.74) is 2.03. The highest BCUT2D eigenvalue weighted by Crippen LogP contribution is 2.18. The summed E-state index contributed by atoms with van der Waals surface area (Å²) < 4.78 is 1.14. The Balaban J connectivity index is 2.75. The van der Waals surface area contributed by atoms with E-state index < -0.39 is 0 Å². The van der Waals surface area contributed by atoms with Crippen LogP contribution in [0.25, 0.3) is 0 Å². The molecule has 2 nitrogen and oxygen atoms in total. The minimum Gasteiger partial charge on any atom is -0.326 e. The molecule has 1 amide bonds. The number of anilines is 1. The maximum absolute atomic E-state index is 11.4. The summed E-state index contributed by atoms with van der Waals surface area (Å²) in [6.07, 6.45) is 1.47. The summed E-state index contributed by atoms with van der Waals surface area (Å²) in [6, 6.07) is 6.04. The van der Waals surface area contributed by atoms with Crippen LogP contribution >= 0.6 is 22.6 Å². The Morgan fingerprint density at radius 2 is 2.21 bits per heavy atom. The highest BCUT2D eigenvalue weighted by Gasteiger charge is 2.03. The van der Waals surface area contributed by atoms with E-state index >= 15 is 0 Å². The molecule has 0 bridgehead atoms. The maximum atomic E-state index is 11.4. The van der Waals surface area contributed by atoms with E-state index in [1.54, 1.807) is 0 Å². The molecule has 0 radical (unpaired) electrons. The molecule has 1 rings (SSSR count). The summed E-state index contributed by atoms with van der Waals surface area (Å²) in [5.74, 6) is 0.0950. The van der Waals surface area contributed by atoms with Crippen molar-refractivity contribution in [2.45, 2.75) is 26.7 Å². The Labute approximate surface area is 98.2 Å². The smallest absolute Gasteiger partial charge is 0.224 e. The maximum Gasteiger partial charge on any atom is 0.224 e. The van der Waals surface area contributed by atoms with E-state index in [0.29, 0.717) is 6.42 Å². The molecule has 14 heavy (non-hydrogen) atoms. The molecule has 0 aromatic heterocycles. The zero-order valence-corrected chi connectivity index (χ0v) is 10.6. The number of hydrogen-bond donors (Lipinski definition) is 1. The lowest BCUT2D eigenvalue weighted by Crippen LogP contribution is -2.11. The molecule has 0 atom stereocenters. The number of carbonyl (C=O) groups excluding carboxylic acids is 1. The van der Waals surface area contributed by atoms with Crippen LogP contribution in [0.15, 0.2) is 18.2 Å². The first-order chi connectivity index (χ1) is 6.63. The molecule has 1 N–H and O–H groups in total. The van der Waals surface area contributed by atoms with Crippen molar-refractivity contribution in [3.63, 3.8) is 0 Å². The van der Waals surface area contributed by atoms with Gasteiger partial charge in [0.1, 0.15) is 0 Å². The van der Waals surface area contributed by atoms with E-state index in [-0.39, 0.29) is 5.91 Å². The van der Waals surface area contributed by atoms with Gasteiger partial charge in [-0.15, -0.1) is 0 Å². The number of rotatable bonds is 3. The highest BCUT2D eigenvalue weighted by molar-refractivity contribution is 14.1. The predicted octanol–water partition coefficient (Wildman–Crippen LogP) is 3.34. The molecule has 0 aliphatic rings. The molecule has 0 saturated carbocycles. The number of halogens is 1. The van der Waals surface area contributed by atoms with Gasteiger partial charge < -0.3 is 5.32 Å². The van der Waals surface area contributed by atoms with Crippen molar-refractivity contribution in [3.05, 3.63) is 27.3 Å². The van der Waals surface area contributed by atoms with E-state index in [4.69, 9.17) is 0 Å². The molecule has 0 aliphatic carbocycles. The number of hydrogen-bond acceptors (Lipinski definition) is 1. The van der Waals surface area contributed by atoms with Crippen LogP contribution in [0.1, 0.15) is 25.3 Å². The molecule has 0 saturated heterocycles. The third-order valence-electron chi connectivity index (χ3n) is 1.95. The fourth-order valence-corrected chi connectivity index (χ4v) is 1.66. The van der Waals surface area contributed by atoms with Gasteiger partial charge >= 0.3 is 0 Å². The van der Waals surface area contributed by atoms with Crippen molar-refractivity contribution >= 4 is 34.2 Å². The van der Waals surface area contributed by atoms with Crippen LogP contribution in [-0.2, 0) is 4.79 Å². The second-order valence-electron chi connectivity index (χ2n) is 3.26. The van der Waals surface area contributed by atoms with E-state index in [2.05, 4.69) is 27.9 Å². The summed E-state index contributed by atoms with van der Waals surface area (Å²) in [6.45, 7) is 4.00. The number of carbonyl (C=O) groups is 1. The summed E-state index contributed by atoms with van der Waals surface area (Å²) in [5, 5.41) is 2.91. The topological polar surface area (TPSA) is 29.1 Å². The molecule has 1 aromatic carbocycles. The first-order valence-electron chi connectivity index (χ1n) is 4.69. The van der Waals surface area contributed by atoms with E-state index in [1.165, 1.54) is 0 Å². The van der Waals surface area contributed by atoms with Gasteiger partial charge in [-0.3, -0.25) is 4.79 Å². The number of aryl methyl sites for hydroxylation is 1. The molecule has 1 aromatic rings. The Kier molecular flexibility index (Phi) is 4.38. The third-order valence-corrected chi connectivity index (χ3v) is 2.62. The van der Waals surface area contributed by atoms with Crippen molar-refractivity contribution in [2.24, 2.45) is 0 Å². The minimum atomic E-state index is 0.0950. The average Bonchev–Trinajstić information content (AvgIpc) is 2.12. The van der Waals surface area contributed by atoms with Gasteiger partial charge in [-0.25, -0.2) is 0 Å². The first-order valence-corrected chi connectivity index (χ1v) is 5.77. The summed E-state index contributed by atoms with van der Waals surface area (Å²) in [7, 11) is 0. The van der Waals surface area contributed by atoms with Crippen LogP contribution in [0.3, 0.4) is 0 Å². The lowest BCUT2D eigenvalue weighted by atomic mass is 10.2. The summed E-state index contributed by atoms with van der Waals surface area (Å²) >= 11 is 2.24. The zero-order valence-electron chi connectivity index (χ0n) is 8.43. The Morgan fingerprint density at radius 1 is 1.50 bits per heavy atom. The lowest BCUT2D eigenvalue weighted by Gasteiger charge is -2.07. The van der Waals surface area contributed by atoms with Crippen LogP contribution in [0, 0.1) is 10.5 Å². The molecule has 0 fully saturated rings. The molecule has 0 aliphatic heterocycles. The van der Waals surface area contributed by atoms with Gasteiger partial charge in [0, 0.05) is 15.7 Å².